The van der Waals surface area contributed by atoms with Gasteiger partial charge in [0.1, 0.15) is 6.04 Å². The molecule has 2 saturated heterocycles. The first-order chi connectivity index (χ1) is 8.27. The third-order valence-electron chi connectivity index (χ3n) is 5.27. The van der Waals surface area contributed by atoms with Crippen molar-refractivity contribution >= 4 is 11.9 Å². The molecule has 2 aliphatic heterocycles. The summed E-state index contributed by atoms with van der Waals surface area (Å²) in [5, 5.41) is 0. The quantitative estimate of drug-likeness (QED) is 0.647. The fraction of sp³-hybridized carbons (Fsp3) is 0.846. The van der Waals surface area contributed by atoms with E-state index in [1.54, 1.807) is 4.90 Å². The molecular weight excluding hydrogens is 216 g/mol. The average molecular weight is 234 g/mol. The van der Waals surface area contributed by atoms with Gasteiger partial charge in [-0.2, -0.15) is 0 Å². The molecule has 92 valence electrons. The number of rotatable bonds is 1. The van der Waals surface area contributed by atoms with Crippen LogP contribution in [-0.2, 0) is 4.79 Å². The minimum atomic E-state index is -0.0874. The van der Waals surface area contributed by atoms with E-state index in [0.29, 0.717) is 11.8 Å². The van der Waals surface area contributed by atoms with Gasteiger partial charge in [-0.05, 0) is 43.9 Å². The van der Waals surface area contributed by atoms with Crippen LogP contribution in [0.1, 0.15) is 38.5 Å². The minimum absolute atomic E-state index is 0.0131. The Balaban J connectivity index is 1.64. The molecule has 0 radical (unpaired) electrons. The van der Waals surface area contributed by atoms with E-state index in [2.05, 4.69) is 0 Å². The molecule has 0 N–H and O–H groups in total. The predicted molar refractivity (Wildman–Crippen MR) is 61.2 cm³/mol. The van der Waals surface area contributed by atoms with Gasteiger partial charge in [0.15, 0.2) is 0 Å². The highest BCUT2D eigenvalue weighted by Gasteiger charge is 2.58. The van der Waals surface area contributed by atoms with Crippen LogP contribution in [0.5, 0.6) is 0 Å². The van der Waals surface area contributed by atoms with Gasteiger partial charge in [0.05, 0.1) is 0 Å². The molecule has 4 nitrogen and oxygen atoms in total. The zero-order valence-electron chi connectivity index (χ0n) is 9.97. The molecule has 3 atom stereocenters. The van der Waals surface area contributed by atoms with Gasteiger partial charge in [0, 0.05) is 12.6 Å². The molecule has 0 aromatic carbocycles. The number of carbonyl (C=O) groups is 2. The summed E-state index contributed by atoms with van der Waals surface area (Å²) >= 11 is 0. The molecule has 2 saturated carbocycles. The van der Waals surface area contributed by atoms with Crippen molar-refractivity contribution in [2.75, 3.05) is 6.54 Å². The summed E-state index contributed by atoms with van der Waals surface area (Å²) in [5.74, 6) is 1.20. The van der Waals surface area contributed by atoms with E-state index in [0.717, 1.165) is 25.8 Å². The molecule has 0 spiro atoms. The van der Waals surface area contributed by atoms with Crippen molar-refractivity contribution in [1.29, 1.82) is 0 Å². The van der Waals surface area contributed by atoms with Crippen LogP contribution in [0.3, 0.4) is 0 Å². The number of imide groups is 1. The second kappa shape index (κ2) is 3.24. The highest BCUT2D eigenvalue weighted by molar-refractivity contribution is 6.05. The van der Waals surface area contributed by atoms with Crippen molar-refractivity contribution in [2.24, 2.45) is 11.8 Å². The van der Waals surface area contributed by atoms with Gasteiger partial charge < -0.3 is 4.90 Å². The maximum Gasteiger partial charge on any atom is 0.327 e. The lowest BCUT2D eigenvalue weighted by molar-refractivity contribution is -0.131. The van der Waals surface area contributed by atoms with Gasteiger partial charge in [-0.1, -0.05) is 6.42 Å². The van der Waals surface area contributed by atoms with Gasteiger partial charge in [0.25, 0.3) is 5.91 Å². The Morgan fingerprint density at radius 1 is 1.00 bits per heavy atom. The molecule has 0 aromatic rings. The fourth-order valence-corrected chi connectivity index (χ4v) is 4.17. The van der Waals surface area contributed by atoms with Crippen LogP contribution < -0.4 is 0 Å². The standard InChI is InChI=1S/C13H18N2O2/c16-12-11-10-6-1-3-8(10)7-14(11)13(17)15(12)9-4-2-5-9/h8-11H,1-7H2. The normalized spacial score (nSPS) is 40.8. The van der Waals surface area contributed by atoms with Crippen molar-refractivity contribution in [2.45, 2.75) is 50.6 Å². The molecule has 3 unspecified atom stereocenters. The SMILES string of the molecule is O=C1C2C3CCCC3CN2C(=O)N1C1CCC1. The number of urea groups is 1. The minimum Gasteiger partial charge on any atom is -0.312 e. The molecule has 4 rings (SSSR count). The largest absolute Gasteiger partial charge is 0.327 e. The van der Waals surface area contributed by atoms with Crippen LogP contribution in [0.15, 0.2) is 0 Å². The number of carbonyl (C=O) groups excluding carboxylic acids is 2. The van der Waals surface area contributed by atoms with Crippen LogP contribution in [0, 0.1) is 11.8 Å². The molecule has 2 aliphatic carbocycles. The molecule has 0 bridgehead atoms. The number of hydrogen-bond donors (Lipinski definition) is 0. The average Bonchev–Trinajstić information content (AvgIpc) is 2.84. The van der Waals surface area contributed by atoms with Crippen LogP contribution in [0.4, 0.5) is 4.79 Å². The van der Waals surface area contributed by atoms with Crippen molar-refractivity contribution in [1.82, 2.24) is 9.80 Å². The Labute approximate surface area is 101 Å². The molecule has 4 aliphatic rings. The van der Waals surface area contributed by atoms with E-state index in [9.17, 15) is 9.59 Å². The van der Waals surface area contributed by atoms with Crippen molar-refractivity contribution in [3.8, 4) is 0 Å². The number of hydrogen-bond acceptors (Lipinski definition) is 2. The molecule has 3 amide bonds. The van der Waals surface area contributed by atoms with E-state index in [4.69, 9.17) is 0 Å². The first kappa shape index (κ1) is 9.92. The van der Waals surface area contributed by atoms with Crippen LogP contribution >= 0.6 is 0 Å². The summed E-state index contributed by atoms with van der Waals surface area (Å²) in [7, 11) is 0. The topological polar surface area (TPSA) is 40.6 Å². The Kier molecular flexibility index (Phi) is 1.89. The van der Waals surface area contributed by atoms with E-state index in [-0.39, 0.29) is 24.0 Å². The lowest BCUT2D eigenvalue weighted by Crippen LogP contribution is -2.46. The lowest BCUT2D eigenvalue weighted by atomic mass is 9.89. The molecule has 4 heteroatoms. The van der Waals surface area contributed by atoms with Crippen molar-refractivity contribution < 1.29 is 9.59 Å². The summed E-state index contributed by atoms with van der Waals surface area (Å²) in [6.45, 7) is 0.836. The lowest BCUT2D eigenvalue weighted by Gasteiger charge is -2.33. The second-order valence-corrected chi connectivity index (χ2v) is 6.03. The maximum atomic E-state index is 12.4. The summed E-state index contributed by atoms with van der Waals surface area (Å²) in [4.78, 5) is 28.2. The zero-order valence-corrected chi connectivity index (χ0v) is 9.97. The Morgan fingerprint density at radius 3 is 2.47 bits per heavy atom. The molecular formula is C13H18N2O2. The molecule has 17 heavy (non-hydrogen) atoms. The summed E-state index contributed by atoms with van der Waals surface area (Å²) in [6, 6.07) is 0.148. The van der Waals surface area contributed by atoms with Gasteiger partial charge in [0.2, 0.25) is 0 Å². The van der Waals surface area contributed by atoms with Gasteiger partial charge >= 0.3 is 6.03 Å². The Bertz CT molecular complexity index is 391. The van der Waals surface area contributed by atoms with E-state index >= 15 is 0 Å². The highest BCUT2D eigenvalue weighted by atomic mass is 16.2. The van der Waals surface area contributed by atoms with Gasteiger partial charge in [-0.25, -0.2) is 4.79 Å². The second-order valence-electron chi connectivity index (χ2n) is 6.03. The third-order valence-corrected chi connectivity index (χ3v) is 5.27. The van der Waals surface area contributed by atoms with Crippen LogP contribution in [-0.4, -0.2) is 40.4 Å². The molecule has 0 aromatic heterocycles. The van der Waals surface area contributed by atoms with E-state index in [1.807, 2.05) is 4.90 Å². The smallest absolute Gasteiger partial charge is 0.312 e. The summed E-state index contributed by atoms with van der Waals surface area (Å²) < 4.78 is 0. The van der Waals surface area contributed by atoms with Crippen LogP contribution in [0.25, 0.3) is 0 Å². The number of amides is 3. The third kappa shape index (κ3) is 1.14. The van der Waals surface area contributed by atoms with Gasteiger partial charge in [-0.3, -0.25) is 9.69 Å². The first-order valence-corrected chi connectivity index (χ1v) is 6.91. The first-order valence-electron chi connectivity index (χ1n) is 6.91. The van der Waals surface area contributed by atoms with Crippen LogP contribution in [0.2, 0.25) is 0 Å². The van der Waals surface area contributed by atoms with E-state index in [1.165, 1.54) is 19.3 Å². The van der Waals surface area contributed by atoms with Gasteiger partial charge in [-0.15, -0.1) is 0 Å². The maximum absolute atomic E-state index is 12.4. The number of fused-ring (bicyclic) bond motifs is 3. The predicted octanol–water partition coefficient (Wildman–Crippen LogP) is 1.60. The number of nitrogens with zero attached hydrogens (tertiary/aromatic N) is 2. The molecule has 4 fully saturated rings. The van der Waals surface area contributed by atoms with E-state index < -0.39 is 0 Å². The monoisotopic (exact) mass is 234 g/mol. The fourth-order valence-electron chi connectivity index (χ4n) is 4.17. The summed E-state index contributed by atoms with van der Waals surface area (Å²) in [6.07, 6.45) is 6.80. The van der Waals surface area contributed by atoms with Crippen molar-refractivity contribution in [3.63, 3.8) is 0 Å². The summed E-state index contributed by atoms with van der Waals surface area (Å²) in [5.41, 5.74) is 0. The Morgan fingerprint density at radius 2 is 1.76 bits per heavy atom. The highest BCUT2D eigenvalue weighted by Crippen LogP contribution is 2.46. The Hall–Kier alpha value is -1.06. The van der Waals surface area contributed by atoms with Crippen molar-refractivity contribution in [3.05, 3.63) is 0 Å². The molecule has 2 heterocycles. The zero-order chi connectivity index (χ0) is 11.6.